The number of rotatable bonds is 3. The van der Waals surface area contributed by atoms with E-state index in [1.54, 1.807) is 0 Å². The Morgan fingerprint density at radius 2 is 2.32 bits per heavy atom. The Bertz CT molecular complexity index is 523. The molecule has 0 saturated carbocycles. The number of hydrogen-bond acceptors (Lipinski definition) is 1. The predicted molar refractivity (Wildman–Crippen MR) is 86.2 cm³/mol. The van der Waals surface area contributed by atoms with Crippen LogP contribution < -0.4 is 0 Å². The van der Waals surface area contributed by atoms with Gasteiger partial charge in [0.1, 0.15) is 5.84 Å². The summed E-state index contributed by atoms with van der Waals surface area (Å²) < 4.78 is 0.978. The molecule has 1 aromatic carbocycles. The quantitative estimate of drug-likeness (QED) is 0.704. The molecule has 102 valence electrons. The Morgan fingerprint density at radius 3 is 3.00 bits per heavy atom. The van der Waals surface area contributed by atoms with Crippen molar-refractivity contribution in [1.29, 1.82) is 0 Å². The molecule has 2 rings (SSSR count). The Balaban J connectivity index is 2.26. The predicted octanol–water partition coefficient (Wildman–Crippen LogP) is 5.54. The first-order valence-electron chi connectivity index (χ1n) is 6.56. The van der Waals surface area contributed by atoms with Gasteiger partial charge >= 0.3 is 0 Å². The van der Waals surface area contributed by atoms with Crippen LogP contribution in [0.2, 0.25) is 5.02 Å². The molecule has 2 nitrogen and oxygen atoms in total. The van der Waals surface area contributed by atoms with Gasteiger partial charge in [-0.1, -0.05) is 40.0 Å². The van der Waals surface area contributed by atoms with Crippen LogP contribution in [0.1, 0.15) is 33.1 Å². The van der Waals surface area contributed by atoms with Crippen molar-refractivity contribution in [1.82, 2.24) is 4.90 Å². The van der Waals surface area contributed by atoms with Gasteiger partial charge in [-0.15, -0.1) is 0 Å². The number of likely N-dealkylation sites (tertiary alicyclic amines) is 1. The molecule has 1 aromatic rings. The number of amidine groups is 1. The highest BCUT2D eigenvalue weighted by molar-refractivity contribution is 9.10. The molecule has 4 heteroatoms. The summed E-state index contributed by atoms with van der Waals surface area (Å²) >= 11 is 9.63. The summed E-state index contributed by atoms with van der Waals surface area (Å²) in [5.41, 5.74) is 2.21. The van der Waals surface area contributed by atoms with Crippen molar-refractivity contribution in [2.75, 3.05) is 6.54 Å². The molecule has 0 radical (unpaired) electrons. The fourth-order valence-corrected chi connectivity index (χ4v) is 2.72. The lowest BCUT2D eigenvalue weighted by molar-refractivity contribution is 0.595. The van der Waals surface area contributed by atoms with Gasteiger partial charge in [-0.3, -0.25) is 0 Å². The largest absolute Gasteiger partial charge is 0.337 e. The van der Waals surface area contributed by atoms with Crippen LogP contribution >= 0.6 is 27.5 Å². The summed E-state index contributed by atoms with van der Waals surface area (Å²) in [5.74, 6) is 1.11. The number of aliphatic imine (C=N–C) groups is 1. The summed E-state index contributed by atoms with van der Waals surface area (Å²) in [6.07, 6.45) is 5.45. The summed E-state index contributed by atoms with van der Waals surface area (Å²) in [7, 11) is 0. The molecule has 1 fully saturated rings. The molecule has 0 amide bonds. The Labute approximate surface area is 128 Å². The van der Waals surface area contributed by atoms with Crippen LogP contribution in [0.15, 0.2) is 39.4 Å². The second-order valence-corrected chi connectivity index (χ2v) is 6.07. The molecule has 1 aliphatic heterocycles. The van der Waals surface area contributed by atoms with Crippen molar-refractivity contribution in [3.05, 3.63) is 39.5 Å². The molecule has 0 N–H and O–H groups in total. The van der Waals surface area contributed by atoms with Crippen LogP contribution in [0.4, 0.5) is 5.69 Å². The molecule has 19 heavy (non-hydrogen) atoms. The number of halogens is 2. The summed E-state index contributed by atoms with van der Waals surface area (Å²) in [4.78, 5) is 6.96. The highest BCUT2D eigenvalue weighted by atomic mass is 79.9. The van der Waals surface area contributed by atoms with Gasteiger partial charge in [-0.25, -0.2) is 4.99 Å². The van der Waals surface area contributed by atoms with Gasteiger partial charge < -0.3 is 4.90 Å². The second kappa shape index (κ2) is 6.58. The molecule has 0 aliphatic carbocycles. The number of hydrogen-bond donors (Lipinski definition) is 0. The molecule has 1 heterocycles. The minimum absolute atomic E-state index is 0.685. The van der Waals surface area contributed by atoms with Gasteiger partial charge in [0.2, 0.25) is 0 Å². The molecule has 1 saturated heterocycles. The molecule has 1 aliphatic rings. The maximum atomic E-state index is 6.22. The van der Waals surface area contributed by atoms with Crippen molar-refractivity contribution in [3.8, 4) is 0 Å². The Morgan fingerprint density at radius 1 is 1.53 bits per heavy atom. The molecule has 0 unspecified atom stereocenters. The first-order valence-corrected chi connectivity index (χ1v) is 7.74. The molecule has 0 bridgehead atoms. The van der Waals surface area contributed by atoms with E-state index in [1.807, 2.05) is 18.2 Å². The third kappa shape index (κ3) is 3.83. The van der Waals surface area contributed by atoms with E-state index in [2.05, 4.69) is 40.9 Å². The van der Waals surface area contributed by atoms with E-state index < -0.39 is 0 Å². The Hall–Kier alpha value is -0.800. The number of benzene rings is 1. The van der Waals surface area contributed by atoms with E-state index in [-0.39, 0.29) is 0 Å². The van der Waals surface area contributed by atoms with Gasteiger partial charge in [-0.2, -0.15) is 0 Å². The van der Waals surface area contributed by atoms with Crippen LogP contribution in [0.25, 0.3) is 0 Å². The monoisotopic (exact) mass is 340 g/mol. The average Bonchev–Trinajstić information content (AvgIpc) is 2.80. The van der Waals surface area contributed by atoms with Crippen LogP contribution in [0.3, 0.4) is 0 Å². The van der Waals surface area contributed by atoms with Crippen molar-refractivity contribution in [3.63, 3.8) is 0 Å². The summed E-state index contributed by atoms with van der Waals surface area (Å²) in [6, 6.07) is 5.80. The van der Waals surface area contributed by atoms with E-state index in [4.69, 9.17) is 16.6 Å². The van der Waals surface area contributed by atoms with Gasteiger partial charge in [0.15, 0.2) is 0 Å². The fourth-order valence-electron chi connectivity index (χ4n) is 2.01. The second-order valence-electron chi connectivity index (χ2n) is 4.75. The molecule has 0 atom stereocenters. The van der Waals surface area contributed by atoms with Crippen molar-refractivity contribution >= 4 is 39.1 Å². The number of nitrogens with zero attached hydrogens (tertiary/aromatic N) is 2. The Kier molecular flexibility index (Phi) is 5.06. The zero-order valence-electron chi connectivity index (χ0n) is 11.3. The smallest absolute Gasteiger partial charge is 0.109 e. The van der Waals surface area contributed by atoms with Crippen LogP contribution in [0.5, 0.6) is 0 Å². The highest BCUT2D eigenvalue weighted by Gasteiger charge is 2.17. The SMILES string of the molecule is CC/C(C)=C/N1CCCC1=Nc1ccc(Br)cc1Cl. The third-order valence-electron chi connectivity index (χ3n) is 3.22. The summed E-state index contributed by atoms with van der Waals surface area (Å²) in [6.45, 7) is 5.37. The van der Waals surface area contributed by atoms with E-state index >= 15 is 0 Å². The van der Waals surface area contributed by atoms with E-state index in [1.165, 1.54) is 5.57 Å². The molecular formula is C15H18BrClN2. The average molecular weight is 342 g/mol. The normalized spacial score (nSPS) is 18.4. The lowest BCUT2D eigenvalue weighted by Gasteiger charge is -2.15. The van der Waals surface area contributed by atoms with Crippen LogP contribution in [-0.4, -0.2) is 17.3 Å². The molecule has 0 aromatic heterocycles. The lowest BCUT2D eigenvalue weighted by Crippen LogP contribution is -2.18. The third-order valence-corrected chi connectivity index (χ3v) is 4.02. The first kappa shape index (κ1) is 14.6. The maximum absolute atomic E-state index is 6.22. The zero-order chi connectivity index (χ0) is 13.8. The highest BCUT2D eigenvalue weighted by Crippen LogP contribution is 2.29. The minimum atomic E-state index is 0.685. The molecule has 0 spiro atoms. The fraction of sp³-hybridized carbons (Fsp3) is 0.400. The minimum Gasteiger partial charge on any atom is -0.337 e. The maximum Gasteiger partial charge on any atom is 0.109 e. The van der Waals surface area contributed by atoms with E-state index in [9.17, 15) is 0 Å². The van der Waals surface area contributed by atoms with Crippen molar-refractivity contribution < 1.29 is 0 Å². The van der Waals surface area contributed by atoms with Gasteiger partial charge in [0, 0.05) is 23.6 Å². The standard InChI is InChI=1S/C15H18BrClN2/c1-3-11(2)10-19-8-4-5-15(19)18-14-7-6-12(16)9-13(14)17/h6-7,9-10H,3-5,8H2,1-2H3/b11-10+,18-15?. The summed E-state index contributed by atoms with van der Waals surface area (Å²) in [5, 5.41) is 0.685. The van der Waals surface area contributed by atoms with E-state index in [0.29, 0.717) is 5.02 Å². The van der Waals surface area contributed by atoms with Crippen molar-refractivity contribution in [2.45, 2.75) is 33.1 Å². The van der Waals surface area contributed by atoms with Gasteiger partial charge in [0.05, 0.1) is 10.7 Å². The first-order chi connectivity index (χ1) is 9.10. The van der Waals surface area contributed by atoms with Gasteiger partial charge in [0.25, 0.3) is 0 Å². The van der Waals surface area contributed by atoms with Crippen LogP contribution in [0, 0.1) is 0 Å². The number of allylic oxidation sites excluding steroid dienone is 1. The lowest BCUT2D eigenvalue weighted by atomic mass is 10.2. The van der Waals surface area contributed by atoms with Crippen LogP contribution in [-0.2, 0) is 0 Å². The zero-order valence-corrected chi connectivity index (χ0v) is 13.6. The van der Waals surface area contributed by atoms with E-state index in [0.717, 1.165) is 41.8 Å². The van der Waals surface area contributed by atoms with Gasteiger partial charge in [-0.05, 0) is 38.0 Å². The van der Waals surface area contributed by atoms with Crippen molar-refractivity contribution in [2.24, 2.45) is 4.99 Å². The topological polar surface area (TPSA) is 15.6 Å². The molecular weight excluding hydrogens is 324 g/mol.